The lowest BCUT2D eigenvalue weighted by Crippen LogP contribution is -1.96. The van der Waals surface area contributed by atoms with Crippen LogP contribution in [0, 0.1) is 11.3 Å². The molecule has 196 valence electrons. The van der Waals surface area contributed by atoms with Crippen molar-refractivity contribution in [3.63, 3.8) is 0 Å². The maximum atomic E-state index is 9.55. The molecule has 7 aromatic rings. The number of hydrogen-bond acceptors (Lipinski definition) is 4. The predicted molar refractivity (Wildman–Crippen MR) is 169 cm³/mol. The molecule has 5 aromatic carbocycles. The van der Waals surface area contributed by atoms with Gasteiger partial charge in [0.15, 0.2) is 0 Å². The number of para-hydroxylation sites is 2. The van der Waals surface area contributed by atoms with Gasteiger partial charge in [0.05, 0.1) is 45.4 Å². The quantitative estimate of drug-likeness (QED) is 0.220. The van der Waals surface area contributed by atoms with Gasteiger partial charge in [0.2, 0.25) is 0 Å². The molecule has 7 rings (SSSR count). The third-order valence-corrected chi connectivity index (χ3v) is 7.27. The Hall–Kier alpha value is -5.92. The molecule has 0 saturated carbocycles. The minimum Gasteiger partial charge on any atom is -0.248 e. The average Bonchev–Trinajstić information content (AvgIpc) is 3.08. The zero-order valence-corrected chi connectivity index (χ0v) is 22.6. The first-order chi connectivity index (χ1) is 20.7. The standard InChI is InChI=1S/C38H24N4/c39-25-26-11-9-17-30(21-26)37-38(42-34-20-8-7-19-33(34)41-37)31-18-10-16-29(22-31)36-24-32(27-12-3-1-4-13-27)23-35(40-36)28-14-5-2-6-15-28/h1-24H. The second kappa shape index (κ2) is 10.9. The van der Waals surface area contributed by atoms with Crippen molar-refractivity contribution in [3.8, 4) is 62.2 Å². The second-order valence-corrected chi connectivity index (χ2v) is 10.0. The van der Waals surface area contributed by atoms with Gasteiger partial charge in [-0.05, 0) is 53.6 Å². The fourth-order valence-corrected chi connectivity index (χ4v) is 5.20. The van der Waals surface area contributed by atoms with Crippen LogP contribution in [-0.2, 0) is 0 Å². The SMILES string of the molecule is N#Cc1cccc(-c2nc3ccccc3nc2-c2cccc(-c3cc(-c4ccccc4)cc(-c4ccccc4)n3)c2)c1. The third-order valence-electron chi connectivity index (χ3n) is 7.27. The van der Waals surface area contributed by atoms with Crippen LogP contribution in [0.5, 0.6) is 0 Å². The third kappa shape index (κ3) is 4.92. The Morgan fingerprint density at radius 2 is 0.881 bits per heavy atom. The summed E-state index contributed by atoms with van der Waals surface area (Å²) in [4.78, 5) is 15.2. The van der Waals surface area contributed by atoms with Gasteiger partial charge in [-0.3, -0.25) is 0 Å². The van der Waals surface area contributed by atoms with Crippen LogP contribution in [0.15, 0.2) is 146 Å². The van der Waals surface area contributed by atoms with E-state index in [9.17, 15) is 5.26 Å². The summed E-state index contributed by atoms with van der Waals surface area (Å²) in [7, 11) is 0. The predicted octanol–water partition coefficient (Wildman–Crippen LogP) is 9.23. The molecule has 0 spiro atoms. The number of aromatic nitrogens is 3. The number of hydrogen-bond donors (Lipinski definition) is 0. The Kier molecular flexibility index (Phi) is 6.52. The van der Waals surface area contributed by atoms with Gasteiger partial charge in [-0.1, -0.05) is 103 Å². The summed E-state index contributed by atoms with van der Waals surface area (Å²) in [6.45, 7) is 0. The maximum absolute atomic E-state index is 9.55. The smallest absolute Gasteiger partial charge is 0.0991 e. The van der Waals surface area contributed by atoms with Gasteiger partial charge in [0, 0.05) is 22.3 Å². The Labute approximate surface area is 244 Å². The van der Waals surface area contributed by atoms with Crippen LogP contribution < -0.4 is 0 Å². The summed E-state index contributed by atoms with van der Waals surface area (Å²) in [5.41, 5.74) is 11.5. The first-order valence-corrected chi connectivity index (χ1v) is 13.8. The van der Waals surface area contributed by atoms with E-state index < -0.39 is 0 Å². The Morgan fingerprint density at radius 1 is 0.381 bits per heavy atom. The number of benzene rings is 5. The van der Waals surface area contributed by atoms with Crippen LogP contribution in [0.4, 0.5) is 0 Å². The lowest BCUT2D eigenvalue weighted by atomic mass is 9.97. The molecular formula is C38H24N4. The minimum atomic E-state index is 0.581. The van der Waals surface area contributed by atoms with Crippen LogP contribution in [0.3, 0.4) is 0 Å². The highest BCUT2D eigenvalue weighted by Gasteiger charge is 2.16. The minimum absolute atomic E-state index is 0.581. The van der Waals surface area contributed by atoms with Crippen LogP contribution in [0.1, 0.15) is 5.56 Å². The zero-order valence-electron chi connectivity index (χ0n) is 22.6. The zero-order chi connectivity index (χ0) is 28.3. The number of nitrogens with zero attached hydrogens (tertiary/aromatic N) is 4. The molecule has 0 unspecified atom stereocenters. The molecule has 2 heterocycles. The highest BCUT2D eigenvalue weighted by molar-refractivity contribution is 5.88. The van der Waals surface area contributed by atoms with Crippen molar-refractivity contribution in [2.24, 2.45) is 0 Å². The molecule has 0 aliphatic heterocycles. The van der Waals surface area contributed by atoms with E-state index in [2.05, 4.69) is 72.8 Å². The molecule has 0 fully saturated rings. The van der Waals surface area contributed by atoms with Gasteiger partial charge in [0.25, 0.3) is 0 Å². The molecule has 0 bridgehead atoms. The summed E-state index contributed by atoms with van der Waals surface area (Å²) in [5.74, 6) is 0. The molecule has 0 atom stereocenters. The van der Waals surface area contributed by atoms with E-state index in [1.165, 1.54) is 0 Å². The van der Waals surface area contributed by atoms with E-state index in [0.717, 1.165) is 67.2 Å². The fourth-order valence-electron chi connectivity index (χ4n) is 5.20. The van der Waals surface area contributed by atoms with Crippen molar-refractivity contribution in [2.45, 2.75) is 0 Å². The van der Waals surface area contributed by atoms with E-state index in [1.54, 1.807) is 6.07 Å². The number of rotatable bonds is 5. The van der Waals surface area contributed by atoms with Crippen LogP contribution >= 0.6 is 0 Å². The number of fused-ring (bicyclic) bond motifs is 1. The van der Waals surface area contributed by atoms with Crippen LogP contribution in [0.25, 0.3) is 67.2 Å². The van der Waals surface area contributed by atoms with Crippen molar-refractivity contribution in [2.75, 3.05) is 0 Å². The Balaban J connectivity index is 1.41. The largest absolute Gasteiger partial charge is 0.248 e. The Morgan fingerprint density at radius 3 is 1.52 bits per heavy atom. The van der Waals surface area contributed by atoms with Gasteiger partial charge in [-0.15, -0.1) is 0 Å². The molecule has 4 nitrogen and oxygen atoms in total. The number of pyridine rings is 1. The summed E-state index contributed by atoms with van der Waals surface area (Å²) in [6.07, 6.45) is 0. The van der Waals surface area contributed by atoms with Crippen molar-refractivity contribution >= 4 is 11.0 Å². The van der Waals surface area contributed by atoms with Gasteiger partial charge in [0.1, 0.15) is 0 Å². The molecule has 42 heavy (non-hydrogen) atoms. The Bertz CT molecular complexity index is 2040. The van der Waals surface area contributed by atoms with E-state index >= 15 is 0 Å². The summed E-state index contributed by atoms with van der Waals surface area (Å²) in [5, 5.41) is 9.55. The number of nitriles is 1. The molecule has 0 radical (unpaired) electrons. The summed E-state index contributed by atoms with van der Waals surface area (Å²) in [6, 6.07) is 50.9. The van der Waals surface area contributed by atoms with E-state index in [0.29, 0.717) is 5.56 Å². The molecule has 0 aliphatic rings. The molecule has 0 N–H and O–H groups in total. The molecule has 0 saturated heterocycles. The molecule has 0 aliphatic carbocycles. The molecule has 2 aromatic heterocycles. The van der Waals surface area contributed by atoms with Gasteiger partial charge < -0.3 is 0 Å². The molecule has 4 heteroatoms. The monoisotopic (exact) mass is 536 g/mol. The van der Waals surface area contributed by atoms with Gasteiger partial charge in [-0.2, -0.15) is 5.26 Å². The van der Waals surface area contributed by atoms with Crippen molar-refractivity contribution in [1.29, 1.82) is 5.26 Å². The fraction of sp³-hybridized carbons (Fsp3) is 0. The maximum Gasteiger partial charge on any atom is 0.0991 e. The normalized spacial score (nSPS) is 10.8. The van der Waals surface area contributed by atoms with E-state index in [1.807, 2.05) is 72.8 Å². The lowest BCUT2D eigenvalue weighted by Gasteiger charge is -2.13. The van der Waals surface area contributed by atoms with E-state index in [-0.39, 0.29) is 0 Å². The summed E-state index contributed by atoms with van der Waals surface area (Å²) < 4.78 is 0. The first kappa shape index (κ1) is 25.1. The highest BCUT2D eigenvalue weighted by Crippen LogP contribution is 2.35. The van der Waals surface area contributed by atoms with Crippen molar-refractivity contribution < 1.29 is 0 Å². The topological polar surface area (TPSA) is 62.5 Å². The van der Waals surface area contributed by atoms with Crippen LogP contribution in [-0.4, -0.2) is 15.0 Å². The second-order valence-electron chi connectivity index (χ2n) is 10.0. The van der Waals surface area contributed by atoms with Gasteiger partial charge in [-0.25, -0.2) is 15.0 Å². The molecule has 0 amide bonds. The lowest BCUT2D eigenvalue weighted by molar-refractivity contribution is 1.29. The van der Waals surface area contributed by atoms with Gasteiger partial charge >= 0.3 is 0 Å². The van der Waals surface area contributed by atoms with E-state index in [4.69, 9.17) is 15.0 Å². The summed E-state index contributed by atoms with van der Waals surface area (Å²) >= 11 is 0. The average molecular weight is 537 g/mol. The highest BCUT2D eigenvalue weighted by atomic mass is 14.8. The first-order valence-electron chi connectivity index (χ1n) is 13.8. The van der Waals surface area contributed by atoms with Crippen LogP contribution in [0.2, 0.25) is 0 Å². The van der Waals surface area contributed by atoms with Crippen molar-refractivity contribution in [3.05, 3.63) is 151 Å². The molecular weight excluding hydrogens is 512 g/mol. The van der Waals surface area contributed by atoms with Crippen molar-refractivity contribution in [1.82, 2.24) is 15.0 Å².